The third-order valence-electron chi connectivity index (χ3n) is 7.41. The highest BCUT2D eigenvalue weighted by molar-refractivity contribution is 5.94. The summed E-state index contributed by atoms with van der Waals surface area (Å²) in [5, 5.41) is 0. The molecule has 7 heteroatoms. The summed E-state index contributed by atoms with van der Waals surface area (Å²) in [5.41, 5.74) is 2.43. The standard InChI is InChI=1S/C27H30O7/c1-30-22-10-9-20(18-7-8-21-19(13-18)15-32-25(21)28)23(24(22)31-2)34-16-27(11-4-12-27)26(29)33-14-17-5-3-6-17/h7-10,13,17H,3-6,11-12,14-16H2,1-2H3. The van der Waals surface area contributed by atoms with Crippen molar-refractivity contribution in [2.75, 3.05) is 27.4 Å². The second-order valence-electron chi connectivity index (χ2n) is 9.44. The van der Waals surface area contributed by atoms with Crippen molar-refractivity contribution < 1.29 is 33.3 Å². The zero-order valence-corrected chi connectivity index (χ0v) is 19.7. The van der Waals surface area contributed by atoms with Crippen molar-refractivity contribution >= 4 is 11.9 Å². The number of carbonyl (C=O) groups is 2. The summed E-state index contributed by atoms with van der Waals surface area (Å²) in [6.07, 6.45) is 5.96. The molecule has 0 N–H and O–H groups in total. The van der Waals surface area contributed by atoms with Gasteiger partial charge in [-0.05, 0) is 61.4 Å². The zero-order valence-electron chi connectivity index (χ0n) is 19.7. The van der Waals surface area contributed by atoms with Crippen LogP contribution in [0.1, 0.15) is 54.4 Å². The summed E-state index contributed by atoms with van der Waals surface area (Å²) in [5.74, 6) is 1.54. The van der Waals surface area contributed by atoms with Gasteiger partial charge in [0.25, 0.3) is 0 Å². The second kappa shape index (κ2) is 9.20. The van der Waals surface area contributed by atoms with Crippen LogP contribution in [0.3, 0.4) is 0 Å². The molecule has 7 nitrogen and oxygen atoms in total. The van der Waals surface area contributed by atoms with Gasteiger partial charge >= 0.3 is 11.9 Å². The third kappa shape index (κ3) is 3.97. The van der Waals surface area contributed by atoms with Gasteiger partial charge in [0, 0.05) is 11.1 Å². The first-order chi connectivity index (χ1) is 16.5. The van der Waals surface area contributed by atoms with Crippen LogP contribution >= 0.6 is 0 Å². The molecule has 0 saturated heterocycles. The minimum atomic E-state index is -0.632. The Balaban J connectivity index is 1.43. The number of cyclic esters (lactones) is 1. The van der Waals surface area contributed by atoms with Crippen LogP contribution in [-0.4, -0.2) is 39.4 Å². The largest absolute Gasteiger partial charge is 0.493 e. The summed E-state index contributed by atoms with van der Waals surface area (Å²) in [6, 6.07) is 9.29. The van der Waals surface area contributed by atoms with Gasteiger partial charge in [0.15, 0.2) is 11.5 Å². The molecular formula is C27H30O7. The minimum absolute atomic E-state index is 0.165. The predicted molar refractivity (Wildman–Crippen MR) is 124 cm³/mol. The number of carbonyl (C=O) groups excluding carboxylic acids is 2. The molecule has 0 aromatic heterocycles. The van der Waals surface area contributed by atoms with E-state index in [2.05, 4.69) is 0 Å². The molecule has 1 aliphatic heterocycles. The summed E-state index contributed by atoms with van der Waals surface area (Å²) in [6.45, 7) is 0.964. The third-order valence-corrected chi connectivity index (χ3v) is 7.41. The average Bonchev–Trinajstić information content (AvgIpc) is 3.16. The van der Waals surface area contributed by atoms with Crippen molar-refractivity contribution in [3.63, 3.8) is 0 Å². The lowest BCUT2D eigenvalue weighted by Crippen LogP contribution is -2.45. The molecule has 2 aromatic rings. The Bertz CT molecular complexity index is 1100. The first-order valence-corrected chi connectivity index (χ1v) is 11.9. The van der Waals surface area contributed by atoms with Crippen LogP contribution in [0.2, 0.25) is 0 Å². The van der Waals surface area contributed by atoms with Gasteiger partial charge in [0.2, 0.25) is 5.75 Å². The number of benzene rings is 2. The van der Waals surface area contributed by atoms with Crippen molar-refractivity contribution in [2.45, 2.75) is 45.1 Å². The Kier molecular flexibility index (Phi) is 6.11. The molecule has 0 radical (unpaired) electrons. The van der Waals surface area contributed by atoms with Gasteiger partial charge in [-0.1, -0.05) is 18.9 Å². The lowest BCUT2D eigenvalue weighted by Gasteiger charge is -2.39. The Labute approximate surface area is 199 Å². The second-order valence-corrected chi connectivity index (χ2v) is 9.44. The van der Waals surface area contributed by atoms with E-state index in [1.807, 2.05) is 24.3 Å². The zero-order chi connectivity index (χ0) is 23.7. The number of hydrogen-bond acceptors (Lipinski definition) is 7. The molecule has 0 atom stereocenters. The topological polar surface area (TPSA) is 80.3 Å². The van der Waals surface area contributed by atoms with E-state index in [9.17, 15) is 9.59 Å². The van der Waals surface area contributed by atoms with E-state index in [4.69, 9.17) is 23.7 Å². The fourth-order valence-corrected chi connectivity index (χ4v) is 4.80. The lowest BCUT2D eigenvalue weighted by molar-refractivity contribution is -0.166. The Morgan fingerprint density at radius 1 is 1.03 bits per heavy atom. The van der Waals surface area contributed by atoms with E-state index in [1.54, 1.807) is 20.3 Å². The fraction of sp³-hybridized carbons (Fsp3) is 0.481. The summed E-state index contributed by atoms with van der Waals surface area (Å²) in [4.78, 5) is 24.9. The van der Waals surface area contributed by atoms with E-state index in [0.29, 0.717) is 35.3 Å². The number of rotatable bonds is 9. The number of hydrogen-bond donors (Lipinski definition) is 0. The first-order valence-electron chi connectivity index (χ1n) is 11.9. The van der Waals surface area contributed by atoms with E-state index < -0.39 is 5.41 Å². The van der Waals surface area contributed by atoms with Crippen molar-refractivity contribution in [1.82, 2.24) is 0 Å². The quantitative estimate of drug-likeness (QED) is 0.485. The summed E-state index contributed by atoms with van der Waals surface area (Å²) in [7, 11) is 3.14. The van der Waals surface area contributed by atoms with Gasteiger partial charge in [-0.15, -0.1) is 0 Å². The van der Waals surface area contributed by atoms with Gasteiger partial charge in [0.1, 0.15) is 18.6 Å². The minimum Gasteiger partial charge on any atom is -0.493 e. The van der Waals surface area contributed by atoms with E-state index in [-0.39, 0.29) is 25.2 Å². The fourth-order valence-electron chi connectivity index (χ4n) is 4.80. The normalized spacial score (nSPS) is 18.2. The molecule has 0 spiro atoms. The molecule has 0 unspecified atom stereocenters. The monoisotopic (exact) mass is 466 g/mol. The summed E-state index contributed by atoms with van der Waals surface area (Å²) < 4.78 is 28.4. The predicted octanol–water partition coefficient (Wildman–Crippen LogP) is 4.93. The van der Waals surface area contributed by atoms with Gasteiger partial charge in [0.05, 0.1) is 26.4 Å². The molecule has 34 heavy (non-hydrogen) atoms. The Morgan fingerprint density at radius 3 is 2.47 bits per heavy atom. The lowest BCUT2D eigenvalue weighted by atomic mass is 9.69. The van der Waals surface area contributed by atoms with Crippen molar-refractivity contribution in [1.29, 1.82) is 0 Å². The molecular weight excluding hydrogens is 436 g/mol. The van der Waals surface area contributed by atoms with Crippen molar-refractivity contribution in [2.24, 2.45) is 11.3 Å². The Morgan fingerprint density at radius 2 is 1.82 bits per heavy atom. The van der Waals surface area contributed by atoms with Crippen LogP contribution in [0, 0.1) is 11.3 Å². The van der Waals surface area contributed by atoms with Crippen LogP contribution in [-0.2, 0) is 20.9 Å². The van der Waals surface area contributed by atoms with Crippen LogP contribution in [0.4, 0.5) is 0 Å². The van der Waals surface area contributed by atoms with Gasteiger partial charge < -0.3 is 23.7 Å². The van der Waals surface area contributed by atoms with Gasteiger partial charge in [-0.25, -0.2) is 4.79 Å². The highest BCUT2D eigenvalue weighted by atomic mass is 16.6. The highest BCUT2D eigenvalue weighted by Gasteiger charge is 2.47. The highest BCUT2D eigenvalue weighted by Crippen LogP contribution is 2.48. The maximum absolute atomic E-state index is 13.0. The molecule has 1 heterocycles. The molecule has 2 fully saturated rings. The molecule has 0 bridgehead atoms. The molecule has 180 valence electrons. The SMILES string of the molecule is COc1ccc(-c2ccc3c(c2)COC3=O)c(OCC2(C(=O)OCC3CCC3)CCC2)c1OC. The van der Waals surface area contributed by atoms with E-state index >= 15 is 0 Å². The van der Waals surface area contributed by atoms with Gasteiger partial charge in [-0.3, -0.25) is 4.79 Å². The van der Waals surface area contributed by atoms with Crippen LogP contribution in [0.15, 0.2) is 30.3 Å². The van der Waals surface area contributed by atoms with Crippen molar-refractivity contribution in [3.8, 4) is 28.4 Å². The molecule has 2 aliphatic carbocycles. The number of ether oxygens (including phenoxy) is 5. The maximum Gasteiger partial charge on any atom is 0.338 e. The smallest absolute Gasteiger partial charge is 0.338 e. The Hall–Kier alpha value is -3.22. The molecule has 0 amide bonds. The van der Waals surface area contributed by atoms with Crippen LogP contribution in [0.5, 0.6) is 17.2 Å². The van der Waals surface area contributed by atoms with Crippen molar-refractivity contribution in [3.05, 3.63) is 41.5 Å². The summed E-state index contributed by atoms with van der Waals surface area (Å²) >= 11 is 0. The van der Waals surface area contributed by atoms with E-state index in [1.165, 1.54) is 6.42 Å². The van der Waals surface area contributed by atoms with Crippen LogP contribution < -0.4 is 14.2 Å². The number of esters is 2. The van der Waals surface area contributed by atoms with Crippen LogP contribution in [0.25, 0.3) is 11.1 Å². The molecule has 5 rings (SSSR count). The van der Waals surface area contributed by atoms with E-state index in [0.717, 1.165) is 48.8 Å². The van der Waals surface area contributed by atoms with Gasteiger partial charge in [-0.2, -0.15) is 0 Å². The molecule has 2 saturated carbocycles. The first kappa shape index (κ1) is 22.6. The maximum atomic E-state index is 13.0. The molecule has 2 aromatic carbocycles. The average molecular weight is 467 g/mol. The number of fused-ring (bicyclic) bond motifs is 1. The molecule has 3 aliphatic rings. The number of methoxy groups -OCH3 is 2.